The van der Waals surface area contributed by atoms with Crippen molar-refractivity contribution in [2.24, 2.45) is 5.73 Å². The fourth-order valence-corrected chi connectivity index (χ4v) is 0.852. The third-order valence-electron chi connectivity index (χ3n) is 1.39. The fraction of sp³-hybridized carbons (Fsp3) is 0.222. The maximum absolute atomic E-state index is 10.7. The third-order valence-corrected chi connectivity index (χ3v) is 1.39. The van der Waals surface area contributed by atoms with E-state index < -0.39 is 5.97 Å². The number of hydrogen-bond donors (Lipinski definition) is 1. The Morgan fingerprint density at radius 1 is 1.58 bits per heavy atom. The highest BCUT2D eigenvalue weighted by molar-refractivity contribution is 5.74. The van der Waals surface area contributed by atoms with Crippen LogP contribution in [0.25, 0.3) is 0 Å². The van der Waals surface area contributed by atoms with E-state index >= 15 is 0 Å². The van der Waals surface area contributed by atoms with Crippen molar-refractivity contribution in [2.45, 2.75) is 6.92 Å². The zero-order valence-corrected chi connectivity index (χ0v) is 6.91. The molecular formula is C9H11NO2. The molecule has 12 heavy (non-hydrogen) atoms. The van der Waals surface area contributed by atoms with Gasteiger partial charge in [-0.2, -0.15) is 0 Å². The van der Waals surface area contributed by atoms with E-state index in [1.807, 2.05) is 19.1 Å². The van der Waals surface area contributed by atoms with Gasteiger partial charge in [0.2, 0.25) is 0 Å². The largest absolute Gasteiger partial charge is 0.426 e. The van der Waals surface area contributed by atoms with Crippen LogP contribution in [-0.2, 0) is 4.79 Å². The van der Waals surface area contributed by atoms with Crippen LogP contribution in [-0.4, -0.2) is 12.5 Å². The molecule has 64 valence electrons. The molecule has 0 saturated carbocycles. The minimum Gasteiger partial charge on any atom is -0.426 e. The molecule has 1 aromatic carbocycles. The lowest BCUT2D eigenvalue weighted by molar-refractivity contribution is -0.132. The van der Waals surface area contributed by atoms with E-state index in [1.165, 1.54) is 0 Å². The van der Waals surface area contributed by atoms with Crippen molar-refractivity contribution < 1.29 is 9.53 Å². The van der Waals surface area contributed by atoms with Crippen molar-refractivity contribution >= 4 is 5.97 Å². The fourth-order valence-electron chi connectivity index (χ4n) is 0.852. The summed E-state index contributed by atoms with van der Waals surface area (Å²) < 4.78 is 4.88. The number of benzene rings is 1. The Kier molecular flexibility index (Phi) is 2.82. The number of esters is 1. The molecule has 0 aromatic heterocycles. The maximum atomic E-state index is 10.7. The summed E-state index contributed by atoms with van der Waals surface area (Å²) in [6.07, 6.45) is 0. The molecule has 0 atom stereocenters. The molecule has 0 radical (unpaired) electrons. The summed E-state index contributed by atoms with van der Waals surface area (Å²) in [5.41, 5.74) is 6.14. The summed E-state index contributed by atoms with van der Waals surface area (Å²) in [4.78, 5) is 10.7. The van der Waals surface area contributed by atoms with Gasteiger partial charge in [0.05, 0.1) is 6.54 Å². The lowest BCUT2D eigenvalue weighted by Crippen LogP contribution is -2.19. The summed E-state index contributed by atoms with van der Waals surface area (Å²) in [6, 6.07) is 7.27. The summed E-state index contributed by atoms with van der Waals surface area (Å²) in [7, 11) is 0. The summed E-state index contributed by atoms with van der Waals surface area (Å²) in [6.45, 7) is 1.84. The maximum Gasteiger partial charge on any atom is 0.325 e. The molecule has 0 fully saturated rings. The molecule has 0 unspecified atom stereocenters. The van der Waals surface area contributed by atoms with Gasteiger partial charge in [0.1, 0.15) is 5.75 Å². The number of rotatable bonds is 2. The highest BCUT2D eigenvalue weighted by Gasteiger charge is 2.00. The summed E-state index contributed by atoms with van der Waals surface area (Å²) in [5.74, 6) is 0.131. The molecule has 1 aromatic rings. The zero-order valence-electron chi connectivity index (χ0n) is 6.91. The Bertz CT molecular complexity index is 284. The quantitative estimate of drug-likeness (QED) is 0.522. The lowest BCUT2D eigenvalue weighted by atomic mass is 10.2. The second-order valence-electron chi connectivity index (χ2n) is 2.49. The molecule has 0 bridgehead atoms. The van der Waals surface area contributed by atoms with E-state index in [4.69, 9.17) is 10.5 Å². The van der Waals surface area contributed by atoms with Crippen LogP contribution >= 0.6 is 0 Å². The summed E-state index contributed by atoms with van der Waals surface area (Å²) >= 11 is 0. The molecule has 1 rings (SSSR count). The number of ether oxygens (including phenoxy) is 1. The predicted octanol–water partition coefficient (Wildman–Crippen LogP) is 0.859. The molecule has 2 N–H and O–H groups in total. The Balaban J connectivity index is 2.69. The smallest absolute Gasteiger partial charge is 0.325 e. The van der Waals surface area contributed by atoms with Crippen molar-refractivity contribution in [3.63, 3.8) is 0 Å². The van der Waals surface area contributed by atoms with Crippen LogP contribution in [0.2, 0.25) is 0 Å². The zero-order chi connectivity index (χ0) is 8.97. The first kappa shape index (κ1) is 8.74. The number of hydrogen-bond acceptors (Lipinski definition) is 3. The van der Waals surface area contributed by atoms with Gasteiger partial charge in [0, 0.05) is 0 Å². The van der Waals surface area contributed by atoms with Crippen LogP contribution in [0.4, 0.5) is 0 Å². The van der Waals surface area contributed by atoms with Crippen LogP contribution in [0.3, 0.4) is 0 Å². The van der Waals surface area contributed by atoms with Gasteiger partial charge in [0.15, 0.2) is 0 Å². The molecule has 0 spiro atoms. The van der Waals surface area contributed by atoms with Crippen LogP contribution < -0.4 is 10.5 Å². The molecule has 0 heterocycles. The molecule has 3 heteroatoms. The SMILES string of the molecule is Cc1cccc(OC(=O)CN)c1. The van der Waals surface area contributed by atoms with E-state index in [1.54, 1.807) is 12.1 Å². The monoisotopic (exact) mass is 165 g/mol. The van der Waals surface area contributed by atoms with Gasteiger partial charge >= 0.3 is 5.97 Å². The standard InChI is InChI=1S/C9H11NO2/c1-7-3-2-4-8(5-7)12-9(11)6-10/h2-5H,6,10H2,1H3. The highest BCUT2D eigenvalue weighted by Crippen LogP contribution is 2.11. The Hall–Kier alpha value is -1.35. The first-order chi connectivity index (χ1) is 5.72. The van der Waals surface area contributed by atoms with Crippen molar-refractivity contribution in [3.05, 3.63) is 29.8 Å². The number of carbonyl (C=O) groups excluding carboxylic acids is 1. The van der Waals surface area contributed by atoms with Crippen LogP contribution in [0.1, 0.15) is 5.56 Å². The molecule has 0 aliphatic carbocycles. The molecule has 0 amide bonds. The highest BCUT2D eigenvalue weighted by atomic mass is 16.5. The molecule has 3 nitrogen and oxygen atoms in total. The first-order valence-corrected chi connectivity index (χ1v) is 3.70. The summed E-state index contributed by atoms with van der Waals surface area (Å²) in [5, 5.41) is 0. The van der Waals surface area contributed by atoms with Gasteiger partial charge in [-0.25, -0.2) is 0 Å². The van der Waals surface area contributed by atoms with Crippen LogP contribution in [0, 0.1) is 6.92 Å². The molecule has 0 saturated heterocycles. The van der Waals surface area contributed by atoms with Crippen LogP contribution in [0.15, 0.2) is 24.3 Å². The Morgan fingerprint density at radius 2 is 2.33 bits per heavy atom. The normalized spacial score (nSPS) is 9.50. The number of nitrogens with two attached hydrogens (primary N) is 1. The van der Waals surface area contributed by atoms with Crippen molar-refractivity contribution in [3.8, 4) is 5.75 Å². The van der Waals surface area contributed by atoms with Crippen LogP contribution in [0.5, 0.6) is 5.75 Å². The Labute approximate surface area is 71.1 Å². The van der Waals surface area contributed by atoms with E-state index in [0.717, 1.165) is 5.56 Å². The second kappa shape index (κ2) is 3.88. The van der Waals surface area contributed by atoms with Crippen molar-refractivity contribution in [1.29, 1.82) is 0 Å². The van der Waals surface area contributed by atoms with Crippen molar-refractivity contribution in [2.75, 3.05) is 6.54 Å². The minimum absolute atomic E-state index is 0.0893. The topological polar surface area (TPSA) is 52.3 Å². The molecule has 0 aliphatic heterocycles. The average Bonchev–Trinajstić information content (AvgIpc) is 2.04. The third kappa shape index (κ3) is 2.36. The van der Waals surface area contributed by atoms with E-state index in [-0.39, 0.29) is 6.54 Å². The predicted molar refractivity (Wildman–Crippen MR) is 45.9 cm³/mol. The van der Waals surface area contributed by atoms with Gasteiger partial charge in [-0.1, -0.05) is 12.1 Å². The van der Waals surface area contributed by atoms with E-state index in [2.05, 4.69) is 0 Å². The van der Waals surface area contributed by atoms with Gasteiger partial charge in [-0.15, -0.1) is 0 Å². The van der Waals surface area contributed by atoms with E-state index in [9.17, 15) is 4.79 Å². The van der Waals surface area contributed by atoms with Gasteiger partial charge < -0.3 is 10.5 Å². The second-order valence-corrected chi connectivity index (χ2v) is 2.49. The minimum atomic E-state index is -0.416. The Morgan fingerprint density at radius 3 is 2.92 bits per heavy atom. The van der Waals surface area contributed by atoms with Gasteiger partial charge in [-0.05, 0) is 24.6 Å². The first-order valence-electron chi connectivity index (χ1n) is 3.70. The molecular weight excluding hydrogens is 154 g/mol. The average molecular weight is 165 g/mol. The van der Waals surface area contributed by atoms with Gasteiger partial charge in [0.25, 0.3) is 0 Å². The van der Waals surface area contributed by atoms with E-state index in [0.29, 0.717) is 5.75 Å². The van der Waals surface area contributed by atoms with Crippen molar-refractivity contribution in [1.82, 2.24) is 0 Å². The molecule has 0 aliphatic rings. The number of aryl methyl sites for hydroxylation is 1. The number of carbonyl (C=O) groups is 1. The lowest BCUT2D eigenvalue weighted by Gasteiger charge is -2.02. The van der Waals surface area contributed by atoms with Gasteiger partial charge in [-0.3, -0.25) is 4.79 Å².